The number of carbonyl (C=O) groups excluding carboxylic acids is 1. The molecule has 0 aliphatic carbocycles. The van der Waals surface area contributed by atoms with Crippen LogP contribution in [0.4, 0.5) is 10.5 Å². The van der Waals surface area contributed by atoms with Crippen LogP contribution in [0.15, 0.2) is 24.3 Å². The second kappa shape index (κ2) is 7.26. The van der Waals surface area contributed by atoms with Crippen molar-refractivity contribution in [3.63, 3.8) is 0 Å². The molecule has 0 radical (unpaired) electrons. The van der Waals surface area contributed by atoms with E-state index in [0.29, 0.717) is 6.04 Å². The highest BCUT2D eigenvalue weighted by Gasteiger charge is 2.14. The first-order chi connectivity index (χ1) is 9.65. The molecular formula is C15H24N4O. The van der Waals surface area contributed by atoms with Crippen LogP contribution in [0.1, 0.15) is 31.4 Å². The molecule has 1 fully saturated rings. The van der Waals surface area contributed by atoms with Crippen LogP contribution in [0.2, 0.25) is 0 Å². The lowest BCUT2D eigenvalue weighted by Gasteiger charge is -2.25. The van der Waals surface area contributed by atoms with Gasteiger partial charge in [0.1, 0.15) is 0 Å². The zero-order chi connectivity index (χ0) is 14.4. The largest absolute Gasteiger partial charge is 0.351 e. The number of piperidine rings is 1. The highest BCUT2D eigenvalue weighted by molar-refractivity contribution is 5.87. The summed E-state index contributed by atoms with van der Waals surface area (Å²) in [5, 5.41) is 9.54. The molecule has 1 heterocycles. The topological polar surface area (TPSA) is 79.2 Å². The van der Waals surface area contributed by atoms with Crippen LogP contribution in [0.25, 0.3) is 0 Å². The average Bonchev–Trinajstić information content (AvgIpc) is 2.46. The van der Waals surface area contributed by atoms with E-state index in [4.69, 9.17) is 5.73 Å². The normalized spacial score (nSPS) is 17.6. The molecule has 2 amide bonds. The SMILES string of the molecule is CC(NCC1CCNCC1)c1ccc(NC(N)=O)cc1. The van der Waals surface area contributed by atoms with Crippen molar-refractivity contribution in [3.8, 4) is 0 Å². The Bertz CT molecular complexity index is 426. The predicted octanol–water partition coefficient (Wildman–Crippen LogP) is 1.83. The molecule has 0 aromatic heterocycles. The van der Waals surface area contributed by atoms with Gasteiger partial charge >= 0.3 is 6.03 Å². The molecule has 1 atom stereocenters. The van der Waals surface area contributed by atoms with Gasteiger partial charge in [-0.1, -0.05) is 12.1 Å². The molecular weight excluding hydrogens is 252 g/mol. The summed E-state index contributed by atoms with van der Waals surface area (Å²) in [7, 11) is 0. The van der Waals surface area contributed by atoms with Gasteiger partial charge in [0.05, 0.1) is 0 Å². The third-order valence-corrected chi connectivity index (χ3v) is 3.85. The molecule has 1 aliphatic heterocycles. The van der Waals surface area contributed by atoms with E-state index >= 15 is 0 Å². The Hall–Kier alpha value is -1.59. The molecule has 110 valence electrons. The van der Waals surface area contributed by atoms with Gasteiger partial charge in [-0.15, -0.1) is 0 Å². The number of anilines is 1. The Kier molecular flexibility index (Phi) is 5.38. The maximum Gasteiger partial charge on any atom is 0.316 e. The van der Waals surface area contributed by atoms with Gasteiger partial charge in [-0.25, -0.2) is 4.79 Å². The Morgan fingerprint density at radius 2 is 2.00 bits per heavy atom. The lowest BCUT2D eigenvalue weighted by Crippen LogP contribution is -2.34. The summed E-state index contributed by atoms with van der Waals surface area (Å²) in [6.45, 7) is 5.49. The molecule has 1 aliphatic rings. The van der Waals surface area contributed by atoms with Crippen molar-refractivity contribution in [2.45, 2.75) is 25.8 Å². The first-order valence-electron chi connectivity index (χ1n) is 7.25. The fourth-order valence-corrected chi connectivity index (χ4v) is 2.54. The molecule has 1 unspecified atom stereocenters. The van der Waals surface area contributed by atoms with Gasteiger partial charge in [0.15, 0.2) is 0 Å². The zero-order valence-corrected chi connectivity index (χ0v) is 12.0. The van der Waals surface area contributed by atoms with Crippen LogP contribution >= 0.6 is 0 Å². The number of benzene rings is 1. The third-order valence-electron chi connectivity index (χ3n) is 3.85. The lowest BCUT2D eigenvalue weighted by molar-refractivity contribution is 0.259. The lowest BCUT2D eigenvalue weighted by atomic mass is 9.97. The van der Waals surface area contributed by atoms with E-state index in [9.17, 15) is 4.79 Å². The fraction of sp³-hybridized carbons (Fsp3) is 0.533. The quantitative estimate of drug-likeness (QED) is 0.662. The van der Waals surface area contributed by atoms with Crippen LogP contribution in [0.5, 0.6) is 0 Å². The van der Waals surface area contributed by atoms with Gasteiger partial charge in [-0.05, 0) is 63.0 Å². The monoisotopic (exact) mass is 276 g/mol. The van der Waals surface area contributed by atoms with E-state index in [2.05, 4.69) is 22.9 Å². The maximum atomic E-state index is 10.8. The second-order valence-corrected chi connectivity index (χ2v) is 5.43. The first kappa shape index (κ1) is 14.8. The summed E-state index contributed by atoms with van der Waals surface area (Å²) < 4.78 is 0. The molecule has 1 aromatic carbocycles. The summed E-state index contributed by atoms with van der Waals surface area (Å²) in [6.07, 6.45) is 2.50. The van der Waals surface area contributed by atoms with Gasteiger partial charge in [-0.3, -0.25) is 0 Å². The minimum atomic E-state index is -0.533. The minimum absolute atomic E-state index is 0.313. The van der Waals surface area contributed by atoms with Crippen LogP contribution in [-0.4, -0.2) is 25.7 Å². The summed E-state index contributed by atoms with van der Waals surface area (Å²) in [4.78, 5) is 10.8. The molecule has 1 saturated heterocycles. The summed E-state index contributed by atoms with van der Waals surface area (Å²) in [6, 6.07) is 7.57. The Morgan fingerprint density at radius 1 is 1.35 bits per heavy atom. The number of nitrogens with one attached hydrogen (secondary N) is 3. The number of primary amides is 1. The van der Waals surface area contributed by atoms with E-state index < -0.39 is 6.03 Å². The number of urea groups is 1. The molecule has 2 rings (SSSR count). The van der Waals surface area contributed by atoms with Gasteiger partial charge in [0, 0.05) is 11.7 Å². The summed E-state index contributed by atoms with van der Waals surface area (Å²) >= 11 is 0. The number of amides is 2. The van der Waals surface area contributed by atoms with E-state index in [0.717, 1.165) is 31.2 Å². The van der Waals surface area contributed by atoms with Crippen LogP contribution < -0.4 is 21.7 Å². The predicted molar refractivity (Wildman–Crippen MR) is 81.7 cm³/mol. The van der Waals surface area contributed by atoms with Crippen LogP contribution in [-0.2, 0) is 0 Å². The van der Waals surface area contributed by atoms with E-state index in [-0.39, 0.29) is 0 Å². The van der Waals surface area contributed by atoms with Crippen molar-refractivity contribution in [2.75, 3.05) is 25.0 Å². The number of hydrogen-bond donors (Lipinski definition) is 4. The molecule has 5 heteroatoms. The fourth-order valence-electron chi connectivity index (χ4n) is 2.54. The van der Waals surface area contributed by atoms with E-state index in [1.54, 1.807) is 0 Å². The number of hydrogen-bond acceptors (Lipinski definition) is 3. The Morgan fingerprint density at radius 3 is 2.60 bits per heavy atom. The minimum Gasteiger partial charge on any atom is -0.351 e. The van der Waals surface area contributed by atoms with Gasteiger partial charge < -0.3 is 21.7 Å². The Labute approximate surface area is 120 Å². The van der Waals surface area contributed by atoms with Gasteiger partial charge in [-0.2, -0.15) is 0 Å². The average molecular weight is 276 g/mol. The molecule has 0 bridgehead atoms. The van der Waals surface area contributed by atoms with Crippen molar-refractivity contribution < 1.29 is 4.79 Å². The van der Waals surface area contributed by atoms with Crippen molar-refractivity contribution in [2.24, 2.45) is 11.7 Å². The van der Waals surface area contributed by atoms with E-state index in [1.807, 2.05) is 24.3 Å². The molecule has 5 nitrogen and oxygen atoms in total. The van der Waals surface area contributed by atoms with Gasteiger partial charge in [0.25, 0.3) is 0 Å². The highest BCUT2D eigenvalue weighted by Crippen LogP contribution is 2.17. The van der Waals surface area contributed by atoms with Crippen molar-refractivity contribution >= 4 is 11.7 Å². The van der Waals surface area contributed by atoms with Crippen LogP contribution in [0.3, 0.4) is 0 Å². The van der Waals surface area contributed by atoms with Gasteiger partial charge in [0.2, 0.25) is 0 Å². The maximum absolute atomic E-state index is 10.8. The zero-order valence-electron chi connectivity index (χ0n) is 12.0. The number of carbonyl (C=O) groups is 1. The number of nitrogens with two attached hydrogens (primary N) is 1. The summed E-state index contributed by atoms with van der Waals surface area (Å²) in [5.41, 5.74) is 7.03. The first-order valence-corrected chi connectivity index (χ1v) is 7.25. The van der Waals surface area contributed by atoms with Crippen molar-refractivity contribution in [1.29, 1.82) is 0 Å². The highest BCUT2D eigenvalue weighted by atomic mass is 16.2. The molecule has 20 heavy (non-hydrogen) atoms. The third kappa shape index (κ3) is 4.51. The smallest absolute Gasteiger partial charge is 0.316 e. The van der Waals surface area contributed by atoms with Crippen molar-refractivity contribution in [1.82, 2.24) is 10.6 Å². The molecule has 1 aromatic rings. The Balaban J connectivity index is 1.82. The number of rotatable bonds is 5. The summed E-state index contributed by atoms with van der Waals surface area (Å²) in [5.74, 6) is 0.773. The van der Waals surface area contributed by atoms with E-state index in [1.165, 1.54) is 18.4 Å². The van der Waals surface area contributed by atoms with Crippen LogP contribution in [0, 0.1) is 5.92 Å². The standard InChI is InChI=1S/C15H24N4O/c1-11(18-10-12-6-8-17-9-7-12)13-2-4-14(5-3-13)19-15(16)20/h2-5,11-12,17-18H,6-10H2,1H3,(H3,16,19,20). The molecule has 0 spiro atoms. The molecule has 0 saturated carbocycles. The van der Waals surface area contributed by atoms with Crippen molar-refractivity contribution in [3.05, 3.63) is 29.8 Å². The molecule has 5 N–H and O–H groups in total. The second-order valence-electron chi connectivity index (χ2n) is 5.43.